The van der Waals surface area contributed by atoms with Gasteiger partial charge in [-0.2, -0.15) is 0 Å². The van der Waals surface area contributed by atoms with Crippen molar-refractivity contribution in [2.75, 3.05) is 0 Å². The monoisotopic (exact) mass is 762 g/mol. The lowest BCUT2D eigenvalue weighted by atomic mass is 10.0. The van der Waals surface area contributed by atoms with Crippen molar-refractivity contribution in [2.24, 2.45) is 0 Å². The summed E-state index contributed by atoms with van der Waals surface area (Å²) < 4.78 is 7.47. The second kappa shape index (κ2) is 12.8. The number of thiophene rings is 2. The molecule has 0 atom stereocenters. The van der Waals surface area contributed by atoms with Crippen LogP contribution >= 0.6 is 22.7 Å². The zero-order valence-corrected chi connectivity index (χ0v) is 32.1. The van der Waals surface area contributed by atoms with Crippen molar-refractivity contribution in [3.8, 4) is 51.0 Å². The van der Waals surface area contributed by atoms with Crippen molar-refractivity contribution in [1.29, 1.82) is 0 Å². The Balaban J connectivity index is 0.919. The molecule has 0 aliphatic heterocycles. The van der Waals surface area contributed by atoms with Crippen LogP contribution in [-0.4, -0.2) is 19.5 Å². The Labute approximate surface area is 335 Å². The van der Waals surface area contributed by atoms with E-state index in [4.69, 9.17) is 15.0 Å². The fraction of sp³-hybridized carbons (Fsp3) is 0. The Morgan fingerprint density at radius 3 is 1.30 bits per heavy atom. The lowest BCUT2D eigenvalue weighted by Gasteiger charge is -2.08. The lowest BCUT2D eigenvalue weighted by Crippen LogP contribution is -1.99. The molecule has 266 valence electrons. The molecule has 0 amide bonds. The molecule has 0 aliphatic rings. The van der Waals surface area contributed by atoms with Gasteiger partial charge in [0.1, 0.15) is 0 Å². The predicted molar refractivity (Wildman–Crippen MR) is 242 cm³/mol. The Hall–Kier alpha value is -6.99. The quantitative estimate of drug-likeness (QED) is 0.175. The first-order valence-corrected chi connectivity index (χ1v) is 20.6. The lowest BCUT2D eigenvalue weighted by molar-refractivity contribution is 1.07. The van der Waals surface area contributed by atoms with Crippen LogP contribution in [0.25, 0.3) is 113 Å². The van der Waals surface area contributed by atoms with E-state index < -0.39 is 0 Å². The minimum absolute atomic E-state index is 0.666. The van der Waals surface area contributed by atoms with Crippen LogP contribution in [0.5, 0.6) is 0 Å². The molecule has 12 aromatic rings. The zero-order chi connectivity index (χ0) is 37.5. The Morgan fingerprint density at radius 1 is 0.298 bits per heavy atom. The van der Waals surface area contributed by atoms with E-state index in [-0.39, 0.29) is 0 Å². The number of hydrogen-bond donors (Lipinski definition) is 0. The number of para-hydroxylation sites is 2. The van der Waals surface area contributed by atoms with Gasteiger partial charge in [-0.25, -0.2) is 15.0 Å². The maximum Gasteiger partial charge on any atom is 0.164 e. The minimum Gasteiger partial charge on any atom is -0.309 e. The van der Waals surface area contributed by atoms with Gasteiger partial charge in [0.2, 0.25) is 0 Å². The average Bonchev–Trinajstić information content (AvgIpc) is 3.95. The fourth-order valence-corrected chi connectivity index (χ4v) is 10.6. The molecule has 0 saturated carbocycles. The standard InChI is InChI=1S/C51H30N4S2/c1-3-11-31(12-4-1)49-52-50(32-13-5-2-6-14-32)54-51(53-49)35-21-25-40-39-23-19-33(27-46(39)57-48(40)29-35)34-20-24-41-42-30-36(22-26-45(42)56-47(41)28-34)55-43-17-9-7-15-37(43)38-16-8-10-18-44(38)55/h1-30H. The summed E-state index contributed by atoms with van der Waals surface area (Å²) in [6.07, 6.45) is 0. The van der Waals surface area contributed by atoms with Crippen molar-refractivity contribution in [3.63, 3.8) is 0 Å². The number of fused-ring (bicyclic) bond motifs is 9. The fourth-order valence-electron chi connectivity index (χ4n) is 8.32. The van der Waals surface area contributed by atoms with Gasteiger partial charge in [-0.15, -0.1) is 22.7 Å². The third kappa shape index (κ3) is 5.30. The molecule has 8 aromatic carbocycles. The summed E-state index contributed by atoms with van der Waals surface area (Å²) in [5, 5.41) is 7.65. The number of aromatic nitrogens is 4. The first kappa shape index (κ1) is 32.3. The highest BCUT2D eigenvalue weighted by molar-refractivity contribution is 7.26. The summed E-state index contributed by atoms with van der Waals surface area (Å²) in [6, 6.07) is 65.0. The molecular weight excluding hydrogens is 733 g/mol. The highest BCUT2D eigenvalue weighted by Crippen LogP contribution is 2.42. The van der Waals surface area contributed by atoms with Crippen LogP contribution in [0.3, 0.4) is 0 Å². The van der Waals surface area contributed by atoms with E-state index in [0.29, 0.717) is 17.5 Å². The normalized spacial score (nSPS) is 11.9. The van der Waals surface area contributed by atoms with Gasteiger partial charge in [0.25, 0.3) is 0 Å². The molecule has 0 saturated heterocycles. The molecule has 57 heavy (non-hydrogen) atoms. The Bertz CT molecular complexity index is 3410. The molecule has 12 rings (SSSR count). The smallest absolute Gasteiger partial charge is 0.164 e. The van der Waals surface area contributed by atoms with E-state index >= 15 is 0 Å². The molecule has 0 fully saturated rings. The summed E-state index contributed by atoms with van der Waals surface area (Å²) >= 11 is 3.69. The maximum atomic E-state index is 4.98. The molecule has 4 heterocycles. The van der Waals surface area contributed by atoms with Gasteiger partial charge in [0, 0.05) is 73.5 Å². The van der Waals surface area contributed by atoms with Gasteiger partial charge in [-0.1, -0.05) is 133 Å². The van der Waals surface area contributed by atoms with Crippen LogP contribution in [-0.2, 0) is 0 Å². The number of nitrogens with zero attached hydrogens (tertiary/aromatic N) is 4. The molecular formula is C51H30N4S2. The highest BCUT2D eigenvalue weighted by Gasteiger charge is 2.16. The van der Waals surface area contributed by atoms with E-state index in [1.165, 1.54) is 79.0 Å². The second-order valence-electron chi connectivity index (χ2n) is 14.4. The Kier molecular flexibility index (Phi) is 7.24. The second-order valence-corrected chi connectivity index (χ2v) is 16.6. The number of hydrogen-bond acceptors (Lipinski definition) is 5. The van der Waals surface area contributed by atoms with E-state index in [0.717, 1.165) is 16.7 Å². The predicted octanol–water partition coefficient (Wildman–Crippen LogP) is 14.4. The SMILES string of the molecule is c1ccc(-c2nc(-c3ccccc3)nc(-c3ccc4c(c3)sc3cc(-c5ccc6c(c5)sc5ccc(-n7c8ccccc8c8ccccc87)cc56)ccc34)n2)cc1. The van der Waals surface area contributed by atoms with Gasteiger partial charge < -0.3 is 4.57 Å². The van der Waals surface area contributed by atoms with Gasteiger partial charge in [0.15, 0.2) is 17.5 Å². The summed E-state index contributed by atoms with van der Waals surface area (Å²) in [4.78, 5) is 14.8. The van der Waals surface area contributed by atoms with Gasteiger partial charge in [-0.3, -0.25) is 0 Å². The molecule has 0 radical (unpaired) electrons. The summed E-state index contributed by atoms with van der Waals surface area (Å²) in [5.41, 5.74) is 8.99. The highest BCUT2D eigenvalue weighted by atomic mass is 32.1. The number of benzene rings is 8. The first-order valence-electron chi connectivity index (χ1n) is 19.0. The number of rotatable bonds is 5. The molecule has 0 bridgehead atoms. The maximum absolute atomic E-state index is 4.98. The van der Waals surface area contributed by atoms with Crippen molar-refractivity contribution < 1.29 is 0 Å². The molecule has 0 spiro atoms. The van der Waals surface area contributed by atoms with Gasteiger partial charge >= 0.3 is 0 Å². The van der Waals surface area contributed by atoms with Crippen LogP contribution in [0.1, 0.15) is 0 Å². The van der Waals surface area contributed by atoms with Gasteiger partial charge in [0.05, 0.1) is 11.0 Å². The van der Waals surface area contributed by atoms with E-state index in [2.05, 4.69) is 126 Å². The largest absolute Gasteiger partial charge is 0.309 e. The summed E-state index contributed by atoms with van der Waals surface area (Å²) in [6.45, 7) is 0. The topological polar surface area (TPSA) is 43.6 Å². The third-order valence-electron chi connectivity index (χ3n) is 11.1. The first-order chi connectivity index (χ1) is 28.2. The van der Waals surface area contributed by atoms with Crippen molar-refractivity contribution in [2.45, 2.75) is 0 Å². The third-order valence-corrected chi connectivity index (χ3v) is 13.3. The van der Waals surface area contributed by atoms with Crippen LogP contribution in [0.4, 0.5) is 0 Å². The zero-order valence-electron chi connectivity index (χ0n) is 30.4. The van der Waals surface area contributed by atoms with E-state index in [1.54, 1.807) is 0 Å². The van der Waals surface area contributed by atoms with Crippen LogP contribution in [0.2, 0.25) is 0 Å². The van der Waals surface area contributed by atoms with Crippen molar-refractivity contribution >= 4 is 84.8 Å². The molecule has 4 nitrogen and oxygen atoms in total. The van der Waals surface area contributed by atoms with E-state index in [1.807, 2.05) is 83.3 Å². The molecule has 0 N–H and O–H groups in total. The molecule has 4 aromatic heterocycles. The Morgan fingerprint density at radius 2 is 0.737 bits per heavy atom. The van der Waals surface area contributed by atoms with Gasteiger partial charge in [-0.05, 0) is 59.7 Å². The van der Waals surface area contributed by atoms with Crippen molar-refractivity contribution in [3.05, 3.63) is 182 Å². The summed E-state index contributed by atoms with van der Waals surface area (Å²) in [5.74, 6) is 2.00. The van der Waals surface area contributed by atoms with Crippen LogP contribution < -0.4 is 0 Å². The van der Waals surface area contributed by atoms with Crippen molar-refractivity contribution in [1.82, 2.24) is 19.5 Å². The van der Waals surface area contributed by atoms with Crippen LogP contribution in [0, 0.1) is 0 Å². The molecule has 0 unspecified atom stereocenters. The van der Waals surface area contributed by atoms with E-state index in [9.17, 15) is 0 Å². The minimum atomic E-state index is 0.666. The van der Waals surface area contributed by atoms with Crippen LogP contribution in [0.15, 0.2) is 182 Å². The molecule has 0 aliphatic carbocycles. The average molecular weight is 763 g/mol. The summed E-state index contributed by atoms with van der Waals surface area (Å²) in [7, 11) is 0. The molecule has 6 heteroatoms.